The number of benzene rings is 1. The van der Waals surface area contributed by atoms with E-state index in [9.17, 15) is 9.59 Å². The smallest absolute Gasteiger partial charge is 0.231 e. The number of aromatic nitrogens is 2. The highest BCUT2D eigenvalue weighted by Crippen LogP contribution is 2.60. The van der Waals surface area contributed by atoms with E-state index in [0.29, 0.717) is 54.6 Å². The molecule has 1 aromatic carbocycles. The van der Waals surface area contributed by atoms with Gasteiger partial charge >= 0.3 is 0 Å². The number of carbonyl (C=O) groups is 2. The summed E-state index contributed by atoms with van der Waals surface area (Å²) >= 11 is 0. The van der Waals surface area contributed by atoms with Gasteiger partial charge in [-0.1, -0.05) is 6.07 Å². The van der Waals surface area contributed by atoms with Gasteiger partial charge in [-0.15, -0.1) is 0 Å². The Morgan fingerprint density at radius 1 is 1.03 bits per heavy atom. The number of methoxy groups -OCH3 is 2. The van der Waals surface area contributed by atoms with E-state index in [1.165, 1.54) is 25.6 Å². The highest BCUT2D eigenvalue weighted by molar-refractivity contribution is 5.95. The van der Waals surface area contributed by atoms with Crippen LogP contribution in [0.3, 0.4) is 0 Å². The Morgan fingerprint density at radius 3 is 2.39 bits per heavy atom. The van der Waals surface area contributed by atoms with Crippen LogP contribution in [0.4, 0.5) is 5.82 Å². The number of carbonyl (C=O) groups excluding carboxylic acids is 2. The fraction of sp³-hybridized carbons (Fsp3) is 0.571. The van der Waals surface area contributed by atoms with Crippen LogP contribution in [0.15, 0.2) is 24.5 Å². The van der Waals surface area contributed by atoms with Crippen LogP contribution < -0.4 is 14.8 Å². The second-order valence-electron chi connectivity index (χ2n) is 11.2. The zero-order valence-corrected chi connectivity index (χ0v) is 21.1. The molecule has 4 saturated carbocycles. The molecule has 1 N–H and O–H groups in total. The van der Waals surface area contributed by atoms with Crippen LogP contribution >= 0.6 is 0 Å². The van der Waals surface area contributed by atoms with Gasteiger partial charge in [-0.2, -0.15) is 0 Å². The van der Waals surface area contributed by atoms with Crippen LogP contribution in [0.2, 0.25) is 0 Å². The monoisotopic (exact) mass is 490 g/mol. The van der Waals surface area contributed by atoms with Gasteiger partial charge in [-0.05, 0) is 80.4 Å². The van der Waals surface area contributed by atoms with Gasteiger partial charge in [0.05, 0.1) is 38.3 Å². The van der Waals surface area contributed by atoms with Crippen LogP contribution in [-0.2, 0) is 29.0 Å². The third-order valence-corrected chi connectivity index (χ3v) is 8.91. The second kappa shape index (κ2) is 9.05. The summed E-state index contributed by atoms with van der Waals surface area (Å²) < 4.78 is 10.7. The van der Waals surface area contributed by atoms with Crippen molar-refractivity contribution in [1.29, 1.82) is 0 Å². The van der Waals surface area contributed by atoms with Gasteiger partial charge < -0.3 is 19.7 Å². The summed E-state index contributed by atoms with van der Waals surface area (Å²) in [5, 5.41) is 3.22. The molecular formula is C28H34N4O4. The van der Waals surface area contributed by atoms with Crippen molar-refractivity contribution in [2.45, 2.75) is 57.9 Å². The Bertz CT molecular complexity index is 1160. The molecule has 5 aliphatic rings. The Kier molecular flexibility index (Phi) is 5.85. The zero-order valence-electron chi connectivity index (χ0n) is 21.1. The summed E-state index contributed by atoms with van der Waals surface area (Å²) in [6.45, 7) is 0.997. The Hall–Kier alpha value is -3.16. The molecule has 0 saturated heterocycles. The maximum absolute atomic E-state index is 13.6. The van der Waals surface area contributed by atoms with Crippen molar-refractivity contribution in [3.05, 3.63) is 41.3 Å². The van der Waals surface area contributed by atoms with Gasteiger partial charge in [-0.25, -0.2) is 9.97 Å². The molecule has 190 valence electrons. The highest BCUT2D eigenvalue weighted by Gasteiger charge is 2.54. The van der Waals surface area contributed by atoms with Gasteiger partial charge in [0.15, 0.2) is 11.5 Å². The van der Waals surface area contributed by atoms with Gasteiger partial charge in [0.1, 0.15) is 12.1 Å². The first-order chi connectivity index (χ1) is 17.5. The van der Waals surface area contributed by atoms with E-state index in [0.717, 1.165) is 36.1 Å². The first-order valence-corrected chi connectivity index (χ1v) is 13.1. The van der Waals surface area contributed by atoms with Crippen molar-refractivity contribution in [3.63, 3.8) is 0 Å². The van der Waals surface area contributed by atoms with Gasteiger partial charge in [0.25, 0.3) is 0 Å². The minimum atomic E-state index is -0.220. The molecule has 4 aliphatic carbocycles. The fourth-order valence-corrected chi connectivity index (χ4v) is 7.58. The molecule has 8 heteroatoms. The molecule has 2 heterocycles. The summed E-state index contributed by atoms with van der Waals surface area (Å²) in [7, 11) is 3.18. The molecule has 0 atom stereocenters. The van der Waals surface area contributed by atoms with Crippen molar-refractivity contribution >= 4 is 17.6 Å². The van der Waals surface area contributed by atoms with E-state index in [-0.39, 0.29) is 23.7 Å². The lowest BCUT2D eigenvalue weighted by Crippen LogP contribution is -2.52. The SMILES string of the molecule is COc1ccc(CC(=O)N2CCc3c(ncnc3NC(=O)C34CC5CC(CC(C5)C3)C4)C2)cc1OC. The molecule has 7 rings (SSSR count). The number of rotatable bonds is 6. The first-order valence-electron chi connectivity index (χ1n) is 13.1. The average Bonchev–Trinajstić information content (AvgIpc) is 2.87. The molecular weight excluding hydrogens is 456 g/mol. The van der Waals surface area contributed by atoms with Crippen LogP contribution in [-0.4, -0.2) is 47.4 Å². The standard InChI is InChI=1S/C28H34N4O4/c1-35-23-4-3-17(10-24(23)36-2)11-25(33)32-6-5-21-22(15-32)29-16-30-26(21)31-27(34)28-12-18-7-19(13-28)9-20(8-18)14-28/h3-4,10,16,18-20H,5-9,11-15H2,1-2H3,(H,29,30,31,34). The van der Waals surface area contributed by atoms with Crippen molar-refractivity contribution < 1.29 is 19.1 Å². The van der Waals surface area contributed by atoms with E-state index in [1.807, 2.05) is 23.1 Å². The summed E-state index contributed by atoms with van der Waals surface area (Å²) in [6.07, 6.45) is 9.41. The molecule has 4 bridgehead atoms. The number of anilines is 1. The predicted molar refractivity (Wildman–Crippen MR) is 134 cm³/mol. The lowest BCUT2D eigenvalue weighted by atomic mass is 9.49. The number of nitrogens with zero attached hydrogens (tertiary/aromatic N) is 3. The molecule has 1 aromatic heterocycles. The minimum absolute atomic E-state index is 0.0330. The van der Waals surface area contributed by atoms with E-state index < -0.39 is 0 Å². The van der Waals surface area contributed by atoms with E-state index in [4.69, 9.17) is 9.47 Å². The predicted octanol–water partition coefficient (Wildman–Crippen LogP) is 3.78. The Balaban J connectivity index is 1.14. The molecule has 0 spiro atoms. The van der Waals surface area contributed by atoms with Gasteiger partial charge in [0.2, 0.25) is 11.8 Å². The first kappa shape index (κ1) is 23.3. The maximum Gasteiger partial charge on any atom is 0.231 e. The summed E-state index contributed by atoms with van der Waals surface area (Å²) in [6, 6.07) is 5.55. The van der Waals surface area contributed by atoms with E-state index in [1.54, 1.807) is 14.2 Å². The summed E-state index contributed by atoms with van der Waals surface area (Å²) in [4.78, 5) is 37.4. The molecule has 36 heavy (non-hydrogen) atoms. The van der Waals surface area contributed by atoms with Crippen LogP contribution in [0.5, 0.6) is 11.5 Å². The number of hydrogen-bond donors (Lipinski definition) is 1. The Morgan fingerprint density at radius 2 is 1.72 bits per heavy atom. The number of fused-ring (bicyclic) bond motifs is 1. The largest absolute Gasteiger partial charge is 0.493 e. The van der Waals surface area contributed by atoms with Crippen molar-refractivity contribution in [2.75, 3.05) is 26.1 Å². The number of amides is 2. The zero-order chi connectivity index (χ0) is 24.9. The third kappa shape index (κ3) is 4.10. The minimum Gasteiger partial charge on any atom is -0.493 e. The van der Waals surface area contributed by atoms with Crippen molar-refractivity contribution in [3.8, 4) is 11.5 Å². The van der Waals surface area contributed by atoms with E-state index >= 15 is 0 Å². The fourth-order valence-electron chi connectivity index (χ4n) is 7.58. The molecule has 1 aliphatic heterocycles. The quantitative estimate of drug-likeness (QED) is 0.663. The average molecular weight is 491 g/mol. The lowest BCUT2D eigenvalue weighted by Gasteiger charge is -2.55. The number of ether oxygens (including phenoxy) is 2. The maximum atomic E-state index is 13.6. The number of nitrogens with one attached hydrogen (secondary N) is 1. The van der Waals surface area contributed by atoms with Gasteiger partial charge in [-0.3, -0.25) is 9.59 Å². The molecule has 8 nitrogen and oxygen atoms in total. The normalized spacial score (nSPS) is 27.9. The second-order valence-corrected chi connectivity index (χ2v) is 11.2. The molecule has 0 radical (unpaired) electrons. The van der Waals surface area contributed by atoms with Crippen LogP contribution in [0.25, 0.3) is 0 Å². The molecule has 2 amide bonds. The van der Waals surface area contributed by atoms with Crippen LogP contribution in [0, 0.1) is 23.2 Å². The van der Waals surface area contributed by atoms with E-state index in [2.05, 4.69) is 15.3 Å². The topological polar surface area (TPSA) is 93.6 Å². The lowest BCUT2D eigenvalue weighted by molar-refractivity contribution is -0.140. The molecule has 2 aromatic rings. The Labute approximate surface area is 211 Å². The molecule has 4 fully saturated rings. The van der Waals surface area contributed by atoms with Crippen LogP contribution in [0.1, 0.15) is 55.3 Å². The third-order valence-electron chi connectivity index (χ3n) is 8.91. The van der Waals surface area contributed by atoms with Crippen molar-refractivity contribution in [1.82, 2.24) is 14.9 Å². The van der Waals surface area contributed by atoms with Gasteiger partial charge in [0, 0.05) is 12.1 Å². The number of hydrogen-bond acceptors (Lipinski definition) is 6. The molecule has 0 unspecified atom stereocenters. The summed E-state index contributed by atoms with van der Waals surface area (Å²) in [5.41, 5.74) is 2.43. The highest BCUT2D eigenvalue weighted by atomic mass is 16.5. The summed E-state index contributed by atoms with van der Waals surface area (Å²) in [5.74, 6) is 4.21. The van der Waals surface area contributed by atoms with Crippen molar-refractivity contribution in [2.24, 2.45) is 23.2 Å².